The van der Waals surface area contributed by atoms with Gasteiger partial charge in [-0.05, 0) is 38.1 Å². The first kappa shape index (κ1) is 17.8. The van der Waals surface area contributed by atoms with Crippen LogP contribution >= 0.6 is 0 Å². The van der Waals surface area contributed by atoms with Gasteiger partial charge in [0.15, 0.2) is 11.2 Å². The number of fused-ring (bicyclic) bond motifs is 1. The van der Waals surface area contributed by atoms with Crippen molar-refractivity contribution in [3.63, 3.8) is 0 Å². The molecule has 0 fully saturated rings. The van der Waals surface area contributed by atoms with Crippen LogP contribution in [0.4, 0.5) is 11.5 Å². The quantitative estimate of drug-likeness (QED) is 0.541. The third kappa shape index (κ3) is 3.47. The van der Waals surface area contributed by atoms with Crippen molar-refractivity contribution in [1.82, 2.24) is 9.55 Å². The smallest absolute Gasteiger partial charge is 0.195 e. The first-order valence-electron chi connectivity index (χ1n) is 9.21. The molecule has 1 N–H and O–H groups in total. The topological polar surface area (TPSA) is 56.1 Å². The van der Waals surface area contributed by atoms with Gasteiger partial charge in [-0.3, -0.25) is 14.3 Å². The number of nitrogens with one attached hydrogen (secondary N) is 1. The predicted molar refractivity (Wildman–Crippen MR) is 113 cm³/mol. The number of benzene rings is 2. The Morgan fingerprint density at radius 2 is 1.64 bits per heavy atom. The molecule has 4 rings (SSSR count). The van der Waals surface area contributed by atoms with Crippen LogP contribution < -0.4 is 15.5 Å². The third-order valence-corrected chi connectivity index (χ3v) is 4.31. The summed E-state index contributed by atoms with van der Waals surface area (Å²) >= 11 is 0. The first-order chi connectivity index (χ1) is 13.6. The second-order valence-corrected chi connectivity index (χ2v) is 6.75. The summed E-state index contributed by atoms with van der Waals surface area (Å²) in [6.45, 7) is 3.86. The van der Waals surface area contributed by atoms with Gasteiger partial charge in [-0.2, -0.15) is 0 Å². The van der Waals surface area contributed by atoms with Crippen molar-refractivity contribution in [2.45, 2.75) is 20.0 Å². The Morgan fingerprint density at radius 1 is 0.964 bits per heavy atom. The van der Waals surface area contributed by atoms with Crippen LogP contribution in [0.5, 0.6) is 5.75 Å². The SMILES string of the molecule is CC(C)Oc1cncc2c1c(=O)cc(Nc1ccccc1)n2-c1ccccc1. The summed E-state index contributed by atoms with van der Waals surface area (Å²) in [5.41, 5.74) is 2.40. The average molecular weight is 371 g/mol. The molecule has 0 aliphatic rings. The van der Waals surface area contributed by atoms with E-state index in [0.29, 0.717) is 22.5 Å². The van der Waals surface area contributed by atoms with Crippen LogP contribution in [0.2, 0.25) is 0 Å². The number of aromatic nitrogens is 2. The maximum absolute atomic E-state index is 13.0. The zero-order valence-corrected chi connectivity index (χ0v) is 15.8. The number of pyridine rings is 2. The molecule has 0 radical (unpaired) electrons. The van der Waals surface area contributed by atoms with Gasteiger partial charge in [0, 0.05) is 17.4 Å². The molecule has 2 aromatic carbocycles. The molecule has 0 saturated heterocycles. The average Bonchev–Trinajstić information content (AvgIpc) is 2.69. The fourth-order valence-corrected chi connectivity index (χ4v) is 3.20. The van der Waals surface area contributed by atoms with Crippen LogP contribution in [0.15, 0.2) is 83.9 Å². The van der Waals surface area contributed by atoms with Crippen molar-refractivity contribution in [2.24, 2.45) is 0 Å². The summed E-state index contributed by atoms with van der Waals surface area (Å²) in [4.78, 5) is 17.3. The van der Waals surface area contributed by atoms with Crippen molar-refractivity contribution in [3.8, 4) is 11.4 Å². The zero-order chi connectivity index (χ0) is 19.5. The lowest BCUT2D eigenvalue weighted by atomic mass is 10.2. The summed E-state index contributed by atoms with van der Waals surface area (Å²) in [6.07, 6.45) is 3.25. The van der Waals surface area contributed by atoms with E-state index in [1.807, 2.05) is 79.1 Å². The van der Waals surface area contributed by atoms with Crippen molar-refractivity contribution < 1.29 is 4.74 Å². The standard InChI is InChI=1S/C23H21N3O2/c1-16(2)28-21-15-24-14-19-23(21)20(27)13-22(25-17-9-5-3-6-10-17)26(19)18-11-7-4-8-12-18/h3-16,25H,1-2H3. The van der Waals surface area contributed by atoms with Crippen LogP contribution in [0.3, 0.4) is 0 Å². The molecule has 2 aromatic heterocycles. The second-order valence-electron chi connectivity index (χ2n) is 6.75. The second kappa shape index (κ2) is 7.56. The van der Waals surface area contributed by atoms with Crippen molar-refractivity contribution in [1.29, 1.82) is 0 Å². The maximum Gasteiger partial charge on any atom is 0.195 e. The molecule has 0 spiro atoms. The molecule has 5 nitrogen and oxygen atoms in total. The molecule has 0 saturated carbocycles. The number of anilines is 2. The number of rotatable bonds is 5. The van der Waals surface area contributed by atoms with Gasteiger partial charge in [0.05, 0.1) is 29.4 Å². The van der Waals surface area contributed by atoms with E-state index in [9.17, 15) is 4.79 Å². The van der Waals surface area contributed by atoms with Gasteiger partial charge in [-0.25, -0.2) is 0 Å². The monoisotopic (exact) mass is 371 g/mol. The summed E-state index contributed by atoms with van der Waals surface area (Å²) < 4.78 is 7.85. The van der Waals surface area contributed by atoms with Gasteiger partial charge in [0.1, 0.15) is 5.82 Å². The molecule has 4 aromatic rings. The van der Waals surface area contributed by atoms with Crippen LogP contribution in [-0.4, -0.2) is 15.7 Å². The Morgan fingerprint density at radius 3 is 2.32 bits per heavy atom. The number of para-hydroxylation sites is 2. The normalized spacial score (nSPS) is 11.0. The lowest BCUT2D eigenvalue weighted by molar-refractivity contribution is 0.244. The highest BCUT2D eigenvalue weighted by Gasteiger charge is 2.16. The van der Waals surface area contributed by atoms with Gasteiger partial charge >= 0.3 is 0 Å². The van der Waals surface area contributed by atoms with Crippen molar-refractivity contribution in [2.75, 3.05) is 5.32 Å². The van der Waals surface area contributed by atoms with Crippen LogP contribution in [0.25, 0.3) is 16.6 Å². The van der Waals surface area contributed by atoms with Gasteiger partial charge in [0.2, 0.25) is 0 Å². The van der Waals surface area contributed by atoms with E-state index in [1.165, 1.54) is 0 Å². The molecule has 0 unspecified atom stereocenters. The molecule has 2 heterocycles. The highest BCUT2D eigenvalue weighted by atomic mass is 16.5. The van der Waals surface area contributed by atoms with Gasteiger partial charge in [-0.1, -0.05) is 36.4 Å². The highest BCUT2D eigenvalue weighted by Crippen LogP contribution is 2.29. The van der Waals surface area contributed by atoms with Crippen LogP contribution in [-0.2, 0) is 0 Å². The van der Waals surface area contributed by atoms with E-state index in [4.69, 9.17) is 4.74 Å². The summed E-state index contributed by atoms with van der Waals surface area (Å²) in [5, 5.41) is 3.88. The largest absolute Gasteiger partial charge is 0.489 e. The predicted octanol–water partition coefficient (Wildman–Crippen LogP) is 4.92. The minimum absolute atomic E-state index is 0.0564. The Labute approximate surface area is 163 Å². The Kier molecular flexibility index (Phi) is 4.81. The molecular weight excluding hydrogens is 350 g/mol. The summed E-state index contributed by atoms with van der Waals surface area (Å²) in [6, 6.07) is 21.3. The molecule has 0 aliphatic heterocycles. The number of hydrogen-bond acceptors (Lipinski definition) is 4. The first-order valence-corrected chi connectivity index (χ1v) is 9.21. The molecule has 5 heteroatoms. The highest BCUT2D eigenvalue weighted by molar-refractivity contribution is 5.88. The summed E-state index contributed by atoms with van der Waals surface area (Å²) in [7, 11) is 0. The lowest BCUT2D eigenvalue weighted by Gasteiger charge is -2.19. The molecule has 0 bridgehead atoms. The summed E-state index contributed by atoms with van der Waals surface area (Å²) in [5.74, 6) is 1.16. The van der Waals surface area contributed by atoms with E-state index >= 15 is 0 Å². The minimum atomic E-state index is -0.112. The molecule has 28 heavy (non-hydrogen) atoms. The fraction of sp³-hybridized carbons (Fsp3) is 0.130. The van der Waals surface area contributed by atoms with E-state index in [1.54, 1.807) is 18.5 Å². The van der Waals surface area contributed by atoms with Crippen molar-refractivity contribution >= 4 is 22.4 Å². The Balaban J connectivity index is 2.00. The number of ether oxygens (including phenoxy) is 1. The fourth-order valence-electron chi connectivity index (χ4n) is 3.20. The molecule has 0 atom stereocenters. The van der Waals surface area contributed by atoms with E-state index in [0.717, 1.165) is 11.4 Å². The number of nitrogens with zero attached hydrogens (tertiary/aromatic N) is 2. The van der Waals surface area contributed by atoms with E-state index < -0.39 is 0 Å². The molecule has 0 aliphatic carbocycles. The number of hydrogen-bond donors (Lipinski definition) is 1. The minimum Gasteiger partial charge on any atom is -0.489 e. The van der Waals surface area contributed by atoms with Gasteiger partial charge in [0.25, 0.3) is 0 Å². The molecule has 140 valence electrons. The van der Waals surface area contributed by atoms with Gasteiger partial charge < -0.3 is 10.1 Å². The van der Waals surface area contributed by atoms with Crippen LogP contribution in [0, 0.1) is 0 Å². The zero-order valence-electron chi connectivity index (χ0n) is 15.8. The third-order valence-electron chi connectivity index (χ3n) is 4.31. The van der Waals surface area contributed by atoms with E-state index in [2.05, 4.69) is 10.3 Å². The Bertz CT molecular complexity index is 1150. The van der Waals surface area contributed by atoms with Crippen molar-refractivity contribution in [3.05, 3.63) is 89.3 Å². The Hall–Kier alpha value is -3.60. The lowest BCUT2D eigenvalue weighted by Crippen LogP contribution is -2.15. The molecule has 0 amide bonds. The maximum atomic E-state index is 13.0. The molecular formula is C23H21N3O2. The van der Waals surface area contributed by atoms with E-state index in [-0.39, 0.29) is 11.5 Å². The van der Waals surface area contributed by atoms with Crippen LogP contribution in [0.1, 0.15) is 13.8 Å². The van der Waals surface area contributed by atoms with Gasteiger partial charge in [-0.15, -0.1) is 0 Å².